The number of carbonyl (C=O) groups is 2. The molecule has 1 aliphatic heterocycles. The van der Waals surface area contributed by atoms with E-state index < -0.39 is 0 Å². The van der Waals surface area contributed by atoms with Crippen LogP contribution in [-0.4, -0.2) is 50.2 Å². The summed E-state index contributed by atoms with van der Waals surface area (Å²) in [5.74, 6) is 0.486. The molecule has 0 aliphatic carbocycles. The molecule has 0 fully saturated rings. The Balaban J connectivity index is 1.20. The Kier molecular flexibility index (Phi) is 9.32. The van der Waals surface area contributed by atoms with Crippen molar-refractivity contribution in [1.82, 2.24) is 25.1 Å². The van der Waals surface area contributed by atoms with E-state index in [0.29, 0.717) is 35.3 Å². The van der Waals surface area contributed by atoms with Crippen LogP contribution in [0.4, 0.5) is 4.39 Å². The summed E-state index contributed by atoms with van der Waals surface area (Å²) in [6.07, 6.45) is 0.533. The van der Waals surface area contributed by atoms with E-state index >= 15 is 0 Å². The van der Waals surface area contributed by atoms with Crippen LogP contribution in [0.3, 0.4) is 0 Å². The number of thioether (sulfide) groups is 1. The molecule has 1 unspecified atom stereocenters. The fourth-order valence-corrected chi connectivity index (χ4v) is 6.48. The predicted octanol–water partition coefficient (Wildman–Crippen LogP) is 5.94. The molecular formula is C33H29FN6O3S2. The summed E-state index contributed by atoms with van der Waals surface area (Å²) in [7, 11) is 1.57. The number of halogens is 1. The number of benzene rings is 3. The molecule has 0 saturated heterocycles. The van der Waals surface area contributed by atoms with E-state index in [1.807, 2.05) is 52.4 Å². The van der Waals surface area contributed by atoms with Crippen LogP contribution in [0, 0.1) is 5.82 Å². The molecule has 45 heavy (non-hydrogen) atoms. The first kappa shape index (κ1) is 30.2. The third-order valence-corrected chi connectivity index (χ3v) is 9.16. The van der Waals surface area contributed by atoms with Gasteiger partial charge in [-0.25, -0.2) is 9.40 Å². The Morgan fingerprint density at radius 3 is 2.49 bits per heavy atom. The molecule has 9 nitrogen and oxygen atoms in total. The highest BCUT2D eigenvalue weighted by molar-refractivity contribution is 7.99. The van der Waals surface area contributed by atoms with Gasteiger partial charge in [0.05, 0.1) is 42.6 Å². The van der Waals surface area contributed by atoms with Crippen LogP contribution in [0.5, 0.6) is 5.75 Å². The van der Waals surface area contributed by atoms with E-state index in [4.69, 9.17) is 9.84 Å². The fraction of sp³-hybridized carbons (Fsp3) is 0.182. The molecule has 5 aromatic rings. The summed E-state index contributed by atoms with van der Waals surface area (Å²) in [5.41, 5.74) is 3.15. The molecule has 3 aromatic carbocycles. The number of nitrogens with one attached hydrogen (secondary N) is 1. The average Bonchev–Trinajstić information content (AvgIpc) is 3.84. The average molecular weight is 641 g/mol. The van der Waals surface area contributed by atoms with Gasteiger partial charge in [-0.15, -0.1) is 21.5 Å². The zero-order valence-electron chi connectivity index (χ0n) is 24.3. The first-order valence-corrected chi connectivity index (χ1v) is 16.0. The number of carbonyl (C=O) groups excluding carboxylic acids is 2. The van der Waals surface area contributed by atoms with Crippen LogP contribution in [0.1, 0.15) is 44.6 Å². The third-order valence-electron chi connectivity index (χ3n) is 7.29. The Morgan fingerprint density at radius 2 is 1.78 bits per heavy atom. The maximum atomic E-state index is 13.7. The van der Waals surface area contributed by atoms with E-state index in [-0.39, 0.29) is 36.0 Å². The van der Waals surface area contributed by atoms with Crippen LogP contribution in [0.25, 0.3) is 0 Å². The van der Waals surface area contributed by atoms with Crippen molar-refractivity contribution in [3.05, 3.63) is 130 Å². The lowest BCUT2D eigenvalue weighted by Gasteiger charge is -2.22. The second-order valence-corrected chi connectivity index (χ2v) is 12.1. The first-order valence-electron chi connectivity index (χ1n) is 14.2. The maximum Gasteiger partial charge on any atom is 0.253 e. The van der Waals surface area contributed by atoms with E-state index in [0.717, 1.165) is 21.7 Å². The summed E-state index contributed by atoms with van der Waals surface area (Å²) < 4.78 is 20.8. The zero-order valence-corrected chi connectivity index (χ0v) is 25.9. The van der Waals surface area contributed by atoms with Gasteiger partial charge in [0.2, 0.25) is 0 Å². The van der Waals surface area contributed by atoms with Crippen molar-refractivity contribution in [2.45, 2.75) is 30.7 Å². The topological polar surface area (TPSA) is 102 Å². The number of aromatic nitrogens is 3. The molecule has 2 aromatic heterocycles. The number of amides is 2. The number of hydrazone groups is 1. The lowest BCUT2D eigenvalue weighted by atomic mass is 10.0. The molecular weight excluding hydrogens is 612 g/mol. The third kappa shape index (κ3) is 7.13. The number of rotatable bonds is 11. The van der Waals surface area contributed by atoms with Crippen molar-refractivity contribution in [2.24, 2.45) is 5.10 Å². The van der Waals surface area contributed by atoms with Crippen molar-refractivity contribution in [1.29, 1.82) is 0 Å². The molecule has 228 valence electrons. The Hall–Kier alpha value is -4.81. The molecule has 0 radical (unpaired) electrons. The van der Waals surface area contributed by atoms with Crippen LogP contribution >= 0.6 is 23.1 Å². The van der Waals surface area contributed by atoms with Crippen LogP contribution in [0.15, 0.2) is 107 Å². The summed E-state index contributed by atoms with van der Waals surface area (Å²) in [6, 6.07) is 26.5. The first-order chi connectivity index (χ1) is 22.0. The van der Waals surface area contributed by atoms with Crippen molar-refractivity contribution in [3.63, 3.8) is 0 Å². The second kappa shape index (κ2) is 13.9. The van der Waals surface area contributed by atoms with Gasteiger partial charge in [0.15, 0.2) is 11.0 Å². The van der Waals surface area contributed by atoms with Crippen LogP contribution in [-0.2, 0) is 17.9 Å². The van der Waals surface area contributed by atoms with Gasteiger partial charge >= 0.3 is 0 Å². The van der Waals surface area contributed by atoms with Gasteiger partial charge in [-0.2, -0.15) is 5.10 Å². The normalized spacial score (nSPS) is 14.3. The standard InChI is InChI=1S/C33H29FN6O3S2/c1-43-26-15-11-24(12-16-26)32(42)35-19-30-36-37-33(39(30)20-22-6-3-2-4-7-22)45-21-31(41)40-28(23-9-13-25(34)14-10-23)18-27(38-40)29-8-5-17-44-29/h2-17,28H,18-21H2,1H3,(H,35,42). The SMILES string of the molecule is COc1ccc(C(=O)NCc2nnc(SCC(=O)N3N=C(c4cccs4)CC3c3ccc(F)cc3)n2Cc2ccccc2)cc1. The minimum absolute atomic E-state index is 0.0596. The van der Waals surface area contributed by atoms with Gasteiger partial charge in [-0.05, 0) is 59.0 Å². The van der Waals surface area contributed by atoms with Gasteiger partial charge in [-0.1, -0.05) is 60.3 Å². The number of thiophene rings is 1. The summed E-state index contributed by atoms with van der Waals surface area (Å²) in [5, 5.41) is 20.4. The van der Waals surface area contributed by atoms with E-state index in [1.165, 1.54) is 28.9 Å². The van der Waals surface area contributed by atoms with Crippen LogP contribution < -0.4 is 10.1 Å². The highest BCUT2D eigenvalue weighted by Gasteiger charge is 2.33. The smallest absolute Gasteiger partial charge is 0.253 e. The number of hydrogen-bond donors (Lipinski definition) is 1. The Labute approximate surface area is 267 Å². The fourth-order valence-electron chi connectivity index (χ4n) is 4.95. The summed E-state index contributed by atoms with van der Waals surface area (Å²) >= 11 is 2.83. The number of methoxy groups -OCH3 is 1. The second-order valence-electron chi connectivity index (χ2n) is 10.2. The largest absolute Gasteiger partial charge is 0.497 e. The number of ether oxygens (including phenoxy) is 1. The molecule has 1 atom stereocenters. The van der Waals surface area contributed by atoms with Gasteiger partial charge < -0.3 is 14.6 Å². The molecule has 1 aliphatic rings. The molecule has 0 spiro atoms. The van der Waals surface area contributed by atoms with Crippen molar-refractivity contribution < 1.29 is 18.7 Å². The molecule has 6 rings (SSSR count). The maximum absolute atomic E-state index is 13.7. The zero-order chi connectivity index (χ0) is 31.2. The molecule has 0 bridgehead atoms. The molecule has 2 amide bonds. The van der Waals surface area contributed by atoms with Crippen molar-refractivity contribution >= 4 is 40.6 Å². The van der Waals surface area contributed by atoms with Gasteiger partial charge in [0.1, 0.15) is 11.6 Å². The summed E-state index contributed by atoms with van der Waals surface area (Å²) in [4.78, 5) is 27.5. The van der Waals surface area contributed by atoms with E-state index in [1.54, 1.807) is 54.8 Å². The summed E-state index contributed by atoms with van der Waals surface area (Å²) in [6.45, 7) is 0.604. The Morgan fingerprint density at radius 1 is 1.00 bits per heavy atom. The quantitative estimate of drug-likeness (QED) is 0.180. The minimum Gasteiger partial charge on any atom is -0.497 e. The molecule has 1 N–H and O–H groups in total. The molecule has 0 saturated carbocycles. The van der Waals surface area contributed by atoms with Gasteiger partial charge in [0, 0.05) is 12.0 Å². The van der Waals surface area contributed by atoms with Gasteiger partial charge in [0.25, 0.3) is 11.8 Å². The number of hydrogen-bond acceptors (Lipinski definition) is 8. The molecule has 12 heteroatoms. The monoisotopic (exact) mass is 640 g/mol. The minimum atomic E-state index is -0.346. The highest BCUT2D eigenvalue weighted by atomic mass is 32.2. The van der Waals surface area contributed by atoms with E-state index in [2.05, 4.69) is 15.5 Å². The predicted molar refractivity (Wildman–Crippen MR) is 172 cm³/mol. The van der Waals surface area contributed by atoms with E-state index in [9.17, 15) is 14.0 Å². The lowest BCUT2D eigenvalue weighted by Crippen LogP contribution is -2.28. The molecule has 3 heterocycles. The van der Waals surface area contributed by atoms with Gasteiger partial charge in [-0.3, -0.25) is 9.59 Å². The number of nitrogens with zero attached hydrogens (tertiary/aromatic N) is 5. The Bertz CT molecular complexity index is 1790. The highest BCUT2D eigenvalue weighted by Crippen LogP contribution is 2.35. The van der Waals surface area contributed by atoms with Crippen molar-refractivity contribution in [2.75, 3.05) is 12.9 Å². The van der Waals surface area contributed by atoms with Crippen LogP contribution in [0.2, 0.25) is 0 Å². The van der Waals surface area contributed by atoms with Crippen molar-refractivity contribution in [3.8, 4) is 5.75 Å². The lowest BCUT2D eigenvalue weighted by molar-refractivity contribution is -0.130.